The second kappa shape index (κ2) is 9.51. The van der Waals surface area contributed by atoms with E-state index in [1.54, 1.807) is 32.6 Å². The minimum atomic E-state index is -0.111. The molecule has 0 saturated carbocycles. The van der Waals surface area contributed by atoms with Gasteiger partial charge >= 0.3 is 0 Å². The van der Waals surface area contributed by atoms with E-state index in [0.29, 0.717) is 24.7 Å². The van der Waals surface area contributed by atoms with E-state index in [9.17, 15) is 4.79 Å². The smallest absolute Gasteiger partial charge is 0.255 e. The van der Waals surface area contributed by atoms with Crippen molar-refractivity contribution in [1.82, 2.24) is 19.5 Å². The monoisotopic (exact) mass is 456 g/mol. The summed E-state index contributed by atoms with van der Waals surface area (Å²) in [5, 5.41) is 8.06. The van der Waals surface area contributed by atoms with Gasteiger partial charge in [0, 0.05) is 67.0 Å². The zero-order valence-electron chi connectivity index (χ0n) is 19.5. The fourth-order valence-electron chi connectivity index (χ4n) is 4.46. The Bertz CT molecular complexity index is 1380. The average Bonchev–Trinajstić information content (AvgIpc) is 2.88. The van der Waals surface area contributed by atoms with E-state index < -0.39 is 0 Å². The van der Waals surface area contributed by atoms with Gasteiger partial charge in [-0.25, -0.2) is 4.98 Å². The first-order chi connectivity index (χ1) is 16.6. The molecular formula is C26H28N6O2. The molecule has 0 unspecified atom stereocenters. The molecule has 0 aliphatic heterocycles. The second-order valence-corrected chi connectivity index (χ2v) is 8.45. The summed E-state index contributed by atoms with van der Waals surface area (Å²) >= 11 is 0. The quantitative estimate of drug-likeness (QED) is 0.409. The molecule has 174 valence electrons. The van der Waals surface area contributed by atoms with Crippen molar-refractivity contribution in [2.75, 3.05) is 30.8 Å². The zero-order valence-corrected chi connectivity index (χ0v) is 19.5. The minimum Gasteiger partial charge on any atom is -0.497 e. The van der Waals surface area contributed by atoms with Crippen LogP contribution < -0.4 is 20.9 Å². The first-order valence-electron chi connectivity index (χ1n) is 11.6. The number of hydrogen-bond donors (Lipinski definition) is 2. The van der Waals surface area contributed by atoms with Gasteiger partial charge in [-0.1, -0.05) is 0 Å². The normalized spacial score (nSPS) is 12.9. The van der Waals surface area contributed by atoms with Gasteiger partial charge in [0.1, 0.15) is 5.75 Å². The van der Waals surface area contributed by atoms with Crippen molar-refractivity contribution in [1.29, 1.82) is 0 Å². The number of fused-ring (bicyclic) bond motifs is 2. The number of nitrogens with one attached hydrogen (secondary N) is 2. The van der Waals surface area contributed by atoms with Crippen LogP contribution in [0.25, 0.3) is 22.2 Å². The third-order valence-electron chi connectivity index (χ3n) is 6.29. The molecule has 4 aromatic rings. The first kappa shape index (κ1) is 21.9. The maximum atomic E-state index is 12.5. The molecule has 0 saturated heterocycles. The number of rotatable bonds is 7. The summed E-state index contributed by atoms with van der Waals surface area (Å²) in [6.07, 6.45) is 7.77. The summed E-state index contributed by atoms with van der Waals surface area (Å²) in [5.41, 5.74) is 5.97. The van der Waals surface area contributed by atoms with Gasteiger partial charge < -0.3 is 15.4 Å². The summed E-state index contributed by atoms with van der Waals surface area (Å²) in [5.74, 6) is 1.34. The lowest BCUT2D eigenvalue weighted by atomic mass is 9.92. The van der Waals surface area contributed by atoms with Gasteiger partial charge in [-0.3, -0.25) is 19.3 Å². The second-order valence-electron chi connectivity index (χ2n) is 8.45. The summed E-state index contributed by atoms with van der Waals surface area (Å²) in [4.78, 5) is 26.1. The highest BCUT2D eigenvalue weighted by Crippen LogP contribution is 2.34. The lowest BCUT2D eigenvalue weighted by molar-refractivity contribution is 0.415. The average molecular weight is 457 g/mol. The highest BCUT2D eigenvalue weighted by molar-refractivity contribution is 5.94. The van der Waals surface area contributed by atoms with Crippen LogP contribution in [-0.2, 0) is 19.9 Å². The summed E-state index contributed by atoms with van der Waals surface area (Å²) in [6, 6.07) is 11.3. The van der Waals surface area contributed by atoms with Gasteiger partial charge in [-0.2, -0.15) is 0 Å². The number of anilines is 2. The van der Waals surface area contributed by atoms with Crippen LogP contribution in [0, 0.1) is 0 Å². The SMILES string of the molecule is COc1ccc2c(NCCNc3nc(-c4ccncc4)cc(=O)n3C)c3c(nc2c1)CCCC3. The standard InChI is InChI=1S/C26H28N6O2/c1-32-24(33)16-22(17-9-11-27-12-10-17)31-26(32)29-14-13-28-25-19-5-3-4-6-21(19)30-23-15-18(34-2)7-8-20(23)25/h7-12,15-16H,3-6,13-14H2,1-2H3,(H,28,30)(H,29,31). The third kappa shape index (κ3) is 4.31. The Morgan fingerprint density at radius 2 is 1.79 bits per heavy atom. The van der Waals surface area contributed by atoms with Gasteiger partial charge in [0.15, 0.2) is 0 Å². The fourth-order valence-corrected chi connectivity index (χ4v) is 4.46. The van der Waals surface area contributed by atoms with Crippen LogP contribution in [0.2, 0.25) is 0 Å². The van der Waals surface area contributed by atoms with Crippen molar-refractivity contribution in [3.63, 3.8) is 0 Å². The molecule has 3 heterocycles. The summed E-state index contributed by atoms with van der Waals surface area (Å²) < 4.78 is 6.94. The number of ether oxygens (including phenoxy) is 1. The highest BCUT2D eigenvalue weighted by Gasteiger charge is 2.18. The topological polar surface area (TPSA) is 94.0 Å². The van der Waals surface area contributed by atoms with Crippen molar-refractivity contribution < 1.29 is 4.74 Å². The van der Waals surface area contributed by atoms with Crippen molar-refractivity contribution in [3.05, 3.63) is 70.4 Å². The van der Waals surface area contributed by atoms with Gasteiger partial charge in [-0.05, 0) is 55.5 Å². The Morgan fingerprint density at radius 1 is 1.00 bits per heavy atom. The van der Waals surface area contributed by atoms with E-state index >= 15 is 0 Å². The molecule has 1 aliphatic carbocycles. The number of hydrogen-bond acceptors (Lipinski definition) is 7. The molecular weight excluding hydrogens is 428 g/mol. The Hall–Kier alpha value is -3.94. The van der Waals surface area contributed by atoms with Crippen molar-refractivity contribution in [2.24, 2.45) is 7.05 Å². The molecule has 3 aromatic heterocycles. The molecule has 34 heavy (non-hydrogen) atoms. The van der Waals surface area contributed by atoms with E-state index in [4.69, 9.17) is 9.72 Å². The molecule has 0 fully saturated rings. The van der Waals surface area contributed by atoms with Crippen LogP contribution in [0.3, 0.4) is 0 Å². The molecule has 0 amide bonds. The van der Waals surface area contributed by atoms with Gasteiger partial charge in [0.25, 0.3) is 5.56 Å². The number of nitrogens with zero attached hydrogens (tertiary/aromatic N) is 4. The Kier molecular flexibility index (Phi) is 6.12. The maximum absolute atomic E-state index is 12.5. The van der Waals surface area contributed by atoms with E-state index in [0.717, 1.165) is 40.7 Å². The van der Waals surface area contributed by atoms with Crippen molar-refractivity contribution in [3.8, 4) is 17.0 Å². The highest BCUT2D eigenvalue weighted by atomic mass is 16.5. The van der Waals surface area contributed by atoms with Crippen molar-refractivity contribution >= 4 is 22.5 Å². The maximum Gasteiger partial charge on any atom is 0.255 e. The van der Waals surface area contributed by atoms with Crippen LogP contribution in [0.15, 0.2) is 53.6 Å². The van der Waals surface area contributed by atoms with E-state index in [-0.39, 0.29) is 5.56 Å². The first-order valence-corrected chi connectivity index (χ1v) is 11.6. The predicted octanol–water partition coefficient (Wildman–Crippen LogP) is 3.80. The molecule has 0 atom stereocenters. The third-order valence-corrected chi connectivity index (χ3v) is 6.29. The minimum absolute atomic E-state index is 0.111. The largest absolute Gasteiger partial charge is 0.497 e. The molecule has 1 aliphatic rings. The number of benzene rings is 1. The zero-order chi connectivity index (χ0) is 23.5. The number of pyridine rings is 2. The van der Waals surface area contributed by atoms with E-state index in [2.05, 4.69) is 26.7 Å². The van der Waals surface area contributed by atoms with Crippen LogP contribution in [0.1, 0.15) is 24.1 Å². The summed E-state index contributed by atoms with van der Waals surface area (Å²) in [7, 11) is 3.40. The molecule has 8 nitrogen and oxygen atoms in total. The molecule has 1 aromatic carbocycles. The predicted molar refractivity (Wildman–Crippen MR) is 135 cm³/mol. The van der Waals surface area contributed by atoms with Gasteiger partial charge in [0.2, 0.25) is 5.95 Å². The Labute approximate surface area is 198 Å². The molecule has 0 radical (unpaired) electrons. The number of aromatic nitrogens is 4. The molecule has 2 N–H and O–H groups in total. The van der Waals surface area contributed by atoms with Crippen LogP contribution >= 0.6 is 0 Å². The van der Waals surface area contributed by atoms with Crippen molar-refractivity contribution in [2.45, 2.75) is 25.7 Å². The lowest BCUT2D eigenvalue weighted by Gasteiger charge is -2.22. The van der Waals surface area contributed by atoms with E-state index in [1.807, 2.05) is 24.3 Å². The van der Waals surface area contributed by atoms with Crippen LogP contribution in [0.5, 0.6) is 5.75 Å². The molecule has 5 rings (SSSR count). The molecule has 0 spiro atoms. The summed E-state index contributed by atoms with van der Waals surface area (Å²) in [6.45, 7) is 1.28. The van der Waals surface area contributed by atoms with Gasteiger partial charge in [0.05, 0.1) is 18.3 Å². The lowest BCUT2D eigenvalue weighted by Crippen LogP contribution is -2.24. The van der Waals surface area contributed by atoms with E-state index in [1.165, 1.54) is 28.7 Å². The van der Waals surface area contributed by atoms with Crippen LogP contribution in [-0.4, -0.2) is 39.7 Å². The van der Waals surface area contributed by atoms with Gasteiger partial charge in [-0.15, -0.1) is 0 Å². The Balaban J connectivity index is 1.36. The van der Waals surface area contributed by atoms with Crippen LogP contribution in [0.4, 0.5) is 11.6 Å². The fraction of sp³-hybridized carbons (Fsp3) is 0.308. The molecule has 0 bridgehead atoms. The Morgan fingerprint density at radius 3 is 2.62 bits per heavy atom. The number of aryl methyl sites for hydroxylation is 1. The number of methoxy groups -OCH3 is 1. The molecule has 8 heteroatoms.